The van der Waals surface area contributed by atoms with Crippen LogP contribution in [0.5, 0.6) is 0 Å². The maximum Gasteiger partial charge on any atom is 0.321 e. The summed E-state index contributed by atoms with van der Waals surface area (Å²) in [7, 11) is -2.96. The first-order valence-electron chi connectivity index (χ1n) is 10.5. The Morgan fingerprint density at radius 3 is 2.86 bits per heavy atom. The second-order valence-electron chi connectivity index (χ2n) is 7.79. The van der Waals surface area contributed by atoms with Crippen molar-refractivity contribution in [2.45, 2.75) is 19.0 Å². The molecule has 1 atom stereocenters. The number of nitrogens with two attached hydrogens (primary N) is 1. The lowest BCUT2D eigenvalue weighted by Crippen LogP contribution is -2.46. The smallest absolute Gasteiger partial charge is 0.321 e. The molecule has 2 N–H and O–H groups in total. The van der Waals surface area contributed by atoms with E-state index in [0.29, 0.717) is 32.5 Å². The minimum atomic E-state index is -4.13. The molecule has 0 unspecified atom stereocenters. The Kier molecular flexibility index (Phi) is 7.36. The van der Waals surface area contributed by atoms with Crippen LogP contribution in [0.1, 0.15) is 16.9 Å². The summed E-state index contributed by atoms with van der Waals surface area (Å²) >= 11 is 7.11. The summed E-state index contributed by atoms with van der Waals surface area (Å²) in [6, 6.07) is 7.71. The number of aromatic nitrogens is 2. The fourth-order valence-corrected chi connectivity index (χ4v) is 6.17. The van der Waals surface area contributed by atoms with E-state index < -0.39 is 34.5 Å². The number of anilines is 1. The molecular weight excluding hydrogens is 514 g/mol. The first-order chi connectivity index (χ1) is 16.7. The number of amides is 1. The van der Waals surface area contributed by atoms with Gasteiger partial charge in [0.15, 0.2) is 0 Å². The molecule has 0 aliphatic carbocycles. The number of nitrogens with zero attached hydrogens (tertiary/aromatic N) is 4. The Bertz CT molecular complexity index is 1410. The van der Waals surface area contributed by atoms with Gasteiger partial charge in [-0.25, -0.2) is 18.4 Å². The van der Waals surface area contributed by atoms with Gasteiger partial charge in [0.1, 0.15) is 24.7 Å². The van der Waals surface area contributed by atoms with Crippen LogP contribution in [0.15, 0.2) is 42.1 Å². The van der Waals surface area contributed by atoms with Crippen LogP contribution < -0.4 is 5.73 Å². The summed E-state index contributed by atoms with van der Waals surface area (Å²) in [5.41, 5.74) is 7.32. The highest BCUT2D eigenvalue weighted by Crippen LogP contribution is 2.26. The van der Waals surface area contributed by atoms with Gasteiger partial charge in [-0.3, -0.25) is 9.59 Å². The van der Waals surface area contributed by atoms with E-state index >= 15 is 0 Å². The van der Waals surface area contributed by atoms with E-state index in [1.54, 1.807) is 23.1 Å². The van der Waals surface area contributed by atoms with Gasteiger partial charge < -0.3 is 15.4 Å². The van der Waals surface area contributed by atoms with Gasteiger partial charge >= 0.3 is 5.97 Å². The summed E-state index contributed by atoms with van der Waals surface area (Å²) < 4.78 is 32.4. The predicted molar refractivity (Wildman–Crippen MR) is 134 cm³/mol. The molecule has 3 aromatic rings. The van der Waals surface area contributed by atoms with Gasteiger partial charge in [0.25, 0.3) is 0 Å². The summed E-state index contributed by atoms with van der Waals surface area (Å²) in [5.74, 6) is -0.799. The van der Waals surface area contributed by atoms with E-state index in [9.17, 15) is 18.0 Å². The Morgan fingerprint density at radius 1 is 1.34 bits per heavy atom. The molecule has 1 amide bonds. The molecule has 0 radical (unpaired) electrons. The van der Waals surface area contributed by atoms with Crippen LogP contribution in [0, 0.1) is 0 Å². The summed E-state index contributed by atoms with van der Waals surface area (Å²) in [4.78, 5) is 35.6. The highest BCUT2D eigenvalue weighted by molar-refractivity contribution is 7.92. The fraction of sp³-hybridized carbons (Fsp3) is 0.273. The number of methoxy groups -OCH3 is 1. The van der Waals surface area contributed by atoms with Crippen LogP contribution in [0.3, 0.4) is 0 Å². The molecule has 1 aliphatic heterocycles. The van der Waals surface area contributed by atoms with Crippen molar-refractivity contribution in [1.29, 1.82) is 0 Å². The highest BCUT2D eigenvalue weighted by Gasteiger charge is 2.41. The number of likely N-dealkylation sites (tertiary alicyclic amines) is 1. The monoisotopic (exact) mass is 535 g/mol. The lowest BCUT2D eigenvalue weighted by atomic mass is 10.1. The molecule has 4 rings (SSSR count). The summed E-state index contributed by atoms with van der Waals surface area (Å²) in [5, 5.41) is 1.68. The molecule has 0 saturated carbocycles. The van der Waals surface area contributed by atoms with Gasteiger partial charge in [0.2, 0.25) is 15.9 Å². The number of esters is 1. The first kappa shape index (κ1) is 25.0. The number of nitrogen functional groups attached to an aromatic ring is 1. The molecule has 1 fully saturated rings. The van der Waals surface area contributed by atoms with Crippen LogP contribution in [0.25, 0.3) is 17.0 Å². The Labute approximate surface area is 211 Å². The third kappa shape index (κ3) is 5.61. The van der Waals surface area contributed by atoms with E-state index in [1.165, 1.54) is 23.7 Å². The minimum absolute atomic E-state index is 0.233. The molecule has 35 heavy (non-hydrogen) atoms. The zero-order valence-electron chi connectivity index (χ0n) is 18.6. The normalized spacial score (nSPS) is 16.6. The molecule has 2 aromatic heterocycles. The van der Waals surface area contributed by atoms with Crippen LogP contribution in [-0.4, -0.2) is 65.7 Å². The maximum atomic E-state index is 13.2. The van der Waals surface area contributed by atoms with Gasteiger partial charge in [-0.2, -0.15) is 4.31 Å². The van der Waals surface area contributed by atoms with Crippen molar-refractivity contribution in [2.75, 3.05) is 25.9 Å². The molecule has 184 valence electrons. The molecule has 1 saturated heterocycles. The minimum Gasteiger partial charge on any atom is -0.468 e. The Morgan fingerprint density at radius 2 is 2.14 bits per heavy atom. The molecule has 1 aliphatic rings. The number of carbonyl (C=O) groups is 2. The van der Waals surface area contributed by atoms with Crippen LogP contribution in [-0.2, 0) is 30.9 Å². The number of hydrogen-bond donors (Lipinski definition) is 1. The Balaban J connectivity index is 1.55. The summed E-state index contributed by atoms with van der Waals surface area (Å²) in [6.07, 6.45) is 2.98. The second-order valence-corrected chi connectivity index (χ2v) is 11.3. The highest BCUT2D eigenvalue weighted by atomic mass is 35.5. The van der Waals surface area contributed by atoms with Crippen molar-refractivity contribution < 1.29 is 22.7 Å². The second kappa shape index (κ2) is 10.3. The molecule has 1 aromatic carbocycles. The van der Waals surface area contributed by atoms with Crippen molar-refractivity contribution in [3.63, 3.8) is 0 Å². The van der Waals surface area contributed by atoms with E-state index in [-0.39, 0.29) is 13.0 Å². The van der Waals surface area contributed by atoms with Crippen LogP contribution in [0.4, 0.5) is 5.82 Å². The fourth-order valence-electron chi connectivity index (χ4n) is 3.81. The van der Waals surface area contributed by atoms with Gasteiger partial charge in [-0.1, -0.05) is 17.7 Å². The lowest BCUT2D eigenvalue weighted by Gasteiger charge is -2.25. The van der Waals surface area contributed by atoms with E-state index in [2.05, 4.69) is 14.7 Å². The lowest BCUT2D eigenvalue weighted by molar-refractivity contribution is -0.141. The van der Waals surface area contributed by atoms with Gasteiger partial charge in [0.05, 0.1) is 17.0 Å². The van der Waals surface area contributed by atoms with Gasteiger partial charge in [-0.15, -0.1) is 11.3 Å². The number of thiophene rings is 1. The van der Waals surface area contributed by atoms with Crippen LogP contribution in [0.2, 0.25) is 4.34 Å². The van der Waals surface area contributed by atoms with Crippen LogP contribution >= 0.6 is 22.9 Å². The molecule has 0 bridgehead atoms. The zero-order chi connectivity index (χ0) is 25.2. The number of hydrogen-bond acceptors (Lipinski definition) is 9. The van der Waals surface area contributed by atoms with Crippen molar-refractivity contribution in [3.8, 4) is 0 Å². The largest absolute Gasteiger partial charge is 0.468 e. The molecule has 13 heteroatoms. The topological polar surface area (TPSA) is 136 Å². The average Bonchev–Trinajstić information content (AvgIpc) is 3.41. The van der Waals surface area contributed by atoms with Gasteiger partial charge in [-0.05, 0) is 42.3 Å². The number of benzene rings is 1. The standard InChI is InChI=1S/C22H22ClN5O5S2/c1-33-20(29)12-28(35(31,32)9-7-15-3-5-19(23)34-15)18-6-8-27(22(18)30)11-14-2-4-16-17(10-14)25-13-26-21(16)24/h2-5,7,9-10,13,18H,6,8,11-12H2,1H3,(H2,24,25,26)/t18-/m0/s1. The number of halogens is 1. The first-order valence-corrected chi connectivity index (χ1v) is 13.2. The Hall–Kier alpha value is -3.06. The van der Waals surface area contributed by atoms with Crippen molar-refractivity contribution in [1.82, 2.24) is 19.2 Å². The van der Waals surface area contributed by atoms with Crippen molar-refractivity contribution in [3.05, 3.63) is 56.8 Å². The molecule has 3 heterocycles. The zero-order valence-corrected chi connectivity index (χ0v) is 21.0. The van der Waals surface area contributed by atoms with Crippen molar-refractivity contribution >= 4 is 67.6 Å². The molecule has 0 spiro atoms. The third-order valence-corrected chi connectivity index (χ3v) is 8.27. The number of sulfonamides is 1. The van der Waals surface area contributed by atoms with E-state index in [4.69, 9.17) is 17.3 Å². The maximum absolute atomic E-state index is 13.2. The van der Waals surface area contributed by atoms with Gasteiger partial charge in [0, 0.05) is 28.8 Å². The molecular formula is C22H22ClN5O5S2. The van der Waals surface area contributed by atoms with E-state index in [1.807, 2.05) is 12.1 Å². The average molecular weight is 536 g/mol. The SMILES string of the molecule is COC(=O)CN([C@H]1CCN(Cc2ccc3c(N)ncnc3c2)C1=O)S(=O)(=O)C=Cc1ccc(Cl)s1. The van der Waals surface area contributed by atoms with Crippen molar-refractivity contribution in [2.24, 2.45) is 0 Å². The predicted octanol–water partition coefficient (Wildman–Crippen LogP) is 2.50. The number of ether oxygens (including phenoxy) is 1. The number of rotatable bonds is 8. The number of fused-ring (bicyclic) bond motifs is 1. The van der Waals surface area contributed by atoms with E-state index in [0.717, 1.165) is 22.4 Å². The quantitative estimate of drug-likeness (QED) is 0.434. The summed E-state index contributed by atoms with van der Waals surface area (Å²) in [6.45, 7) is 0.000500. The molecule has 10 nitrogen and oxygen atoms in total. The number of carbonyl (C=O) groups excluding carboxylic acids is 2. The third-order valence-electron chi connectivity index (χ3n) is 5.56.